The van der Waals surface area contributed by atoms with E-state index < -0.39 is 22.5 Å². The Kier molecular flexibility index (Phi) is 2.74. The lowest BCUT2D eigenvalue weighted by Crippen LogP contribution is -2.37. The standard InChI is InChI=1S/C5H4Cl2F3N3/c6-3-2(5(8,9)10)1-13(11)4(7)12-3/h1,4H,11H2. The van der Waals surface area contributed by atoms with Gasteiger partial charge in [-0.05, 0) is 0 Å². The molecule has 0 aromatic carbocycles. The first-order valence-corrected chi connectivity index (χ1v) is 3.83. The second-order valence-corrected chi connectivity index (χ2v) is 2.97. The molecule has 1 unspecified atom stereocenters. The van der Waals surface area contributed by atoms with Crippen molar-refractivity contribution in [2.45, 2.75) is 11.8 Å². The van der Waals surface area contributed by atoms with Crippen LogP contribution in [-0.4, -0.2) is 22.0 Å². The van der Waals surface area contributed by atoms with Crippen LogP contribution >= 0.6 is 23.2 Å². The molecule has 74 valence electrons. The zero-order valence-corrected chi connectivity index (χ0v) is 7.53. The number of hydrogen-bond donors (Lipinski definition) is 1. The topological polar surface area (TPSA) is 41.6 Å². The molecule has 1 atom stereocenters. The fourth-order valence-electron chi connectivity index (χ4n) is 0.684. The van der Waals surface area contributed by atoms with Gasteiger partial charge in [0.05, 0.1) is 0 Å². The third-order valence-corrected chi connectivity index (χ3v) is 1.90. The summed E-state index contributed by atoms with van der Waals surface area (Å²) in [5.41, 5.74) is -2.20. The van der Waals surface area contributed by atoms with E-state index in [1.807, 2.05) is 0 Å². The molecule has 0 aromatic heterocycles. The molecule has 1 rings (SSSR count). The van der Waals surface area contributed by atoms with Gasteiger partial charge in [-0.1, -0.05) is 23.2 Å². The largest absolute Gasteiger partial charge is 0.420 e. The Morgan fingerprint density at radius 1 is 1.54 bits per heavy atom. The number of nitrogens with zero attached hydrogens (tertiary/aromatic N) is 2. The first kappa shape index (κ1) is 10.6. The number of rotatable bonds is 0. The first-order valence-electron chi connectivity index (χ1n) is 3.02. The normalized spacial score (nSPS) is 24.2. The molecule has 3 nitrogen and oxygen atoms in total. The lowest BCUT2D eigenvalue weighted by molar-refractivity contribution is -0.0873. The van der Waals surface area contributed by atoms with Crippen LogP contribution in [0.4, 0.5) is 13.2 Å². The Bertz CT molecular complexity index is 273. The molecule has 0 saturated carbocycles. The Morgan fingerprint density at radius 2 is 2.08 bits per heavy atom. The van der Waals surface area contributed by atoms with E-state index in [9.17, 15) is 13.2 Å². The van der Waals surface area contributed by atoms with Crippen molar-refractivity contribution in [2.24, 2.45) is 10.8 Å². The minimum atomic E-state index is -4.57. The van der Waals surface area contributed by atoms with Crippen LogP contribution in [0.5, 0.6) is 0 Å². The SMILES string of the molecule is NN1C=C(C(F)(F)F)C(Cl)=NC1Cl. The maximum Gasteiger partial charge on any atom is 0.420 e. The Balaban J connectivity index is 3.00. The second-order valence-electron chi connectivity index (χ2n) is 2.22. The van der Waals surface area contributed by atoms with Gasteiger partial charge in [0.1, 0.15) is 10.7 Å². The number of halogens is 5. The number of alkyl halides is 4. The molecular weight excluding hydrogens is 230 g/mol. The molecule has 0 aliphatic carbocycles. The Labute approximate surface area is 81.6 Å². The number of hydrazine groups is 1. The summed E-state index contributed by atoms with van der Waals surface area (Å²) in [7, 11) is 0. The average molecular weight is 234 g/mol. The summed E-state index contributed by atoms with van der Waals surface area (Å²) in [5, 5.41) is -0.0646. The Hall–Kier alpha value is -0.460. The predicted octanol–water partition coefficient (Wildman–Crippen LogP) is 1.78. The van der Waals surface area contributed by atoms with E-state index in [1.54, 1.807) is 0 Å². The van der Waals surface area contributed by atoms with Crippen molar-refractivity contribution in [1.82, 2.24) is 5.01 Å². The van der Waals surface area contributed by atoms with E-state index in [0.29, 0.717) is 11.2 Å². The van der Waals surface area contributed by atoms with E-state index in [0.717, 1.165) is 0 Å². The molecule has 1 aliphatic heterocycles. The molecule has 8 heteroatoms. The van der Waals surface area contributed by atoms with Crippen LogP contribution in [0.1, 0.15) is 0 Å². The molecule has 0 spiro atoms. The second kappa shape index (κ2) is 3.36. The van der Waals surface area contributed by atoms with Crippen molar-refractivity contribution in [2.75, 3.05) is 0 Å². The van der Waals surface area contributed by atoms with Crippen LogP contribution in [0.2, 0.25) is 0 Å². The molecule has 0 fully saturated rings. The molecule has 0 amide bonds. The summed E-state index contributed by atoms with van der Waals surface area (Å²) >= 11 is 10.6. The zero-order chi connectivity index (χ0) is 10.2. The van der Waals surface area contributed by atoms with Crippen LogP contribution in [-0.2, 0) is 0 Å². The van der Waals surface area contributed by atoms with E-state index in [4.69, 9.17) is 29.0 Å². The number of nitrogens with two attached hydrogens (primary N) is 1. The lowest BCUT2D eigenvalue weighted by atomic mass is 10.3. The predicted molar refractivity (Wildman–Crippen MR) is 43.1 cm³/mol. The lowest BCUT2D eigenvalue weighted by Gasteiger charge is -2.24. The number of aliphatic imine (C=N–C) groups is 1. The summed E-state index contributed by atoms with van der Waals surface area (Å²) in [4.78, 5) is 3.27. The van der Waals surface area contributed by atoms with Gasteiger partial charge in [-0.2, -0.15) is 13.2 Å². The van der Waals surface area contributed by atoms with Crippen LogP contribution in [0.3, 0.4) is 0 Å². The molecule has 0 radical (unpaired) electrons. The third kappa shape index (κ3) is 2.26. The molecule has 0 aromatic rings. The van der Waals surface area contributed by atoms with Gasteiger partial charge in [-0.15, -0.1) is 0 Å². The van der Waals surface area contributed by atoms with Gasteiger partial charge in [0.2, 0.25) is 5.62 Å². The quantitative estimate of drug-likeness (QED) is 0.394. The van der Waals surface area contributed by atoms with Crippen LogP contribution in [0.25, 0.3) is 0 Å². The van der Waals surface area contributed by atoms with E-state index >= 15 is 0 Å². The minimum absolute atomic E-state index is 0.604. The van der Waals surface area contributed by atoms with Gasteiger partial charge in [0, 0.05) is 6.20 Å². The molecule has 13 heavy (non-hydrogen) atoms. The van der Waals surface area contributed by atoms with Gasteiger partial charge >= 0.3 is 6.18 Å². The van der Waals surface area contributed by atoms with Gasteiger partial charge in [-0.3, -0.25) is 5.01 Å². The molecule has 2 N–H and O–H groups in total. The monoisotopic (exact) mass is 233 g/mol. The summed E-state index contributed by atoms with van der Waals surface area (Å²) in [5.74, 6) is 5.09. The average Bonchev–Trinajstić information content (AvgIpc) is 1.94. The summed E-state index contributed by atoms with van der Waals surface area (Å²) < 4.78 is 36.4. The highest BCUT2D eigenvalue weighted by Gasteiger charge is 2.39. The maximum absolute atomic E-state index is 12.1. The van der Waals surface area contributed by atoms with Crippen LogP contribution < -0.4 is 5.84 Å². The minimum Gasteiger partial charge on any atom is -0.280 e. The van der Waals surface area contributed by atoms with Crippen LogP contribution in [0.15, 0.2) is 16.8 Å². The summed E-state index contributed by atoms with van der Waals surface area (Å²) in [6.07, 6.45) is -3.97. The van der Waals surface area contributed by atoms with Crippen molar-refractivity contribution < 1.29 is 13.2 Å². The fraction of sp³-hybridized carbons (Fsp3) is 0.400. The van der Waals surface area contributed by atoms with Crippen molar-refractivity contribution in [1.29, 1.82) is 0 Å². The molecular formula is C5H4Cl2F3N3. The van der Waals surface area contributed by atoms with Crippen molar-refractivity contribution in [3.8, 4) is 0 Å². The highest BCUT2D eigenvalue weighted by molar-refractivity contribution is 6.70. The third-order valence-electron chi connectivity index (χ3n) is 1.27. The van der Waals surface area contributed by atoms with E-state index in [2.05, 4.69) is 4.99 Å². The summed E-state index contributed by atoms with van der Waals surface area (Å²) in [6, 6.07) is 0. The number of hydrogen-bond acceptors (Lipinski definition) is 3. The van der Waals surface area contributed by atoms with Crippen LogP contribution in [0, 0.1) is 0 Å². The van der Waals surface area contributed by atoms with Crippen molar-refractivity contribution >= 4 is 28.4 Å². The number of allylic oxidation sites excluding steroid dienone is 1. The van der Waals surface area contributed by atoms with Crippen molar-refractivity contribution in [3.05, 3.63) is 11.8 Å². The molecule has 0 saturated heterocycles. The maximum atomic E-state index is 12.1. The highest BCUT2D eigenvalue weighted by Crippen LogP contribution is 2.31. The highest BCUT2D eigenvalue weighted by atomic mass is 35.5. The zero-order valence-electron chi connectivity index (χ0n) is 6.02. The summed E-state index contributed by atoms with van der Waals surface area (Å²) in [6.45, 7) is 0. The molecule has 0 bridgehead atoms. The van der Waals surface area contributed by atoms with Gasteiger partial charge in [-0.25, -0.2) is 10.8 Å². The molecule has 1 aliphatic rings. The van der Waals surface area contributed by atoms with Gasteiger partial charge < -0.3 is 0 Å². The Morgan fingerprint density at radius 3 is 2.54 bits per heavy atom. The van der Waals surface area contributed by atoms with Gasteiger partial charge in [0.25, 0.3) is 0 Å². The van der Waals surface area contributed by atoms with Crippen molar-refractivity contribution in [3.63, 3.8) is 0 Å². The smallest absolute Gasteiger partial charge is 0.280 e. The first-order chi connectivity index (χ1) is 5.82. The van der Waals surface area contributed by atoms with Gasteiger partial charge in [0.15, 0.2) is 0 Å². The molecule has 1 heterocycles. The van der Waals surface area contributed by atoms with E-state index in [-0.39, 0.29) is 0 Å². The van der Waals surface area contributed by atoms with E-state index in [1.165, 1.54) is 0 Å². The fourth-order valence-corrected chi connectivity index (χ4v) is 1.14.